The fourth-order valence-electron chi connectivity index (χ4n) is 1.93. The third-order valence-corrected chi connectivity index (χ3v) is 6.10. The average Bonchev–Trinajstić information content (AvgIpc) is 2.85. The zero-order valence-corrected chi connectivity index (χ0v) is 12.4. The van der Waals surface area contributed by atoms with Gasteiger partial charge in [0.25, 0.3) is 0 Å². The molecule has 0 saturated heterocycles. The van der Waals surface area contributed by atoms with Crippen LogP contribution in [0.25, 0.3) is 10.2 Å². The first-order valence-electron chi connectivity index (χ1n) is 6.08. The van der Waals surface area contributed by atoms with Crippen LogP contribution in [0.4, 0.5) is 10.1 Å². The normalized spacial score (nSPS) is 11.9. The van der Waals surface area contributed by atoms with Gasteiger partial charge in [-0.15, -0.1) is 11.3 Å². The van der Waals surface area contributed by atoms with Crippen molar-refractivity contribution in [2.24, 2.45) is 0 Å². The molecule has 1 heterocycles. The molecule has 1 aromatic heterocycles. The van der Waals surface area contributed by atoms with Gasteiger partial charge in [0.15, 0.2) is 0 Å². The Morgan fingerprint density at radius 2 is 1.95 bits per heavy atom. The maximum atomic E-state index is 13.6. The van der Waals surface area contributed by atoms with Crippen molar-refractivity contribution in [2.75, 3.05) is 5.73 Å². The van der Waals surface area contributed by atoms with Crippen LogP contribution in [0.5, 0.6) is 0 Å². The summed E-state index contributed by atoms with van der Waals surface area (Å²) in [6.45, 7) is 0. The fourth-order valence-corrected chi connectivity index (χ4v) is 4.64. The number of rotatable bonds is 3. The third kappa shape index (κ3) is 2.74. The number of thiazole rings is 1. The van der Waals surface area contributed by atoms with Gasteiger partial charge in [-0.3, -0.25) is 0 Å². The number of anilines is 1. The molecule has 0 fully saturated rings. The molecule has 3 aromatic rings. The summed E-state index contributed by atoms with van der Waals surface area (Å²) >= 11 is 1.04. The molecule has 21 heavy (non-hydrogen) atoms. The van der Waals surface area contributed by atoms with Crippen LogP contribution in [0.15, 0.2) is 46.8 Å². The summed E-state index contributed by atoms with van der Waals surface area (Å²) in [5, 5.41) is 0. The van der Waals surface area contributed by atoms with Gasteiger partial charge in [0.2, 0.25) is 14.2 Å². The van der Waals surface area contributed by atoms with Crippen LogP contribution in [0.3, 0.4) is 0 Å². The average molecular weight is 322 g/mol. The molecule has 2 N–H and O–H groups in total. The molecule has 0 amide bonds. The van der Waals surface area contributed by atoms with Gasteiger partial charge in [0.05, 0.1) is 16.0 Å². The SMILES string of the molecule is Nc1ccc2nc(S(=O)(=O)Cc3ccccc3F)sc2c1. The first-order chi connectivity index (χ1) is 9.95. The summed E-state index contributed by atoms with van der Waals surface area (Å²) < 4.78 is 39.0. The molecule has 0 saturated carbocycles. The number of hydrogen-bond donors (Lipinski definition) is 1. The molecule has 108 valence electrons. The van der Waals surface area contributed by atoms with Crippen LogP contribution in [-0.4, -0.2) is 13.4 Å². The van der Waals surface area contributed by atoms with E-state index in [9.17, 15) is 12.8 Å². The molecule has 0 aliphatic heterocycles. The molecule has 2 aromatic carbocycles. The molecule has 0 aliphatic rings. The zero-order chi connectivity index (χ0) is 15.0. The number of nitrogens with two attached hydrogens (primary N) is 1. The minimum Gasteiger partial charge on any atom is -0.399 e. The van der Waals surface area contributed by atoms with Crippen molar-refractivity contribution in [1.29, 1.82) is 0 Å². The predicted octanol–water partition coefficient (Wildman–Crippen LogP) is 2.99. The van der Waals surface area contributed by atoms with Gasteiger partial charge in [-0.2, -0.15) is 0 Å². The fraction of sp³-hybridized carbons (Fsp3) is 0.0714. The van der Waals surface area contributed by atoms with Gasteiger partial charge in [-0.25, -0.2) is 17.8 Å². The summed E-state index contributed by atoms with van der Waals surface area (Å²) in [6.07, 6.45) is 0. The predicted molar refractivity (Wildman–Crippen MR) is 81.3 cm³/mol. The Kier molecular flexibility index (Phi) is 3.38. The topological polar surface area (TPSA) is 73.0 Å². The number of aromatic nitrogens is 1. The van der Waals surface area contributed by atoms with Gasteiger partial charge >= 0.3 is 0 Å². The van der Waals surface area contributed by atoms with Crippen LogP contribution in [0.2, 0.25) is 0 Å². The first-order valence-corrected chi connectivity index (χ1v) is 8.55. The molecule has 4 nitrogen and oxygen atoms in total. The second-order valence-electron chi connectivity index (χ2n) is 4.56. The molecular formula is C14H11FN2O2S2. The quantitative estimate of drug-likeness (QED) is 0.752. The van der Waals surface area contributed by atoms with E-state index in [1.165, 1.54) is 18.2 Å². The highest BCUT2D eigenvalue weighted by Crippen LogP contribution is 2.29. The largest absolute Gasteiger partial charge is 0.399 e. The van der Waals surface area contributed by atoms with Crippen LogP contribution in [-0.2, 0) is 15.6 Å². The van der Waals surface area contributed by atoms with Crippen molar-refractivity contribution >= 4 is 37.1 Å². The van der Waals surface area contributed by atoms with Gasteiger partial charge in [-0.05, 0) is 24.3 Å². The second-order valence-corrected chi connectivity index (χ2v) is 7.75. The highest BCUT2D eigenvalue weighted by molar-refractivity contribution is 7.92. The molecule has 0 bridgehead atoms. The van der Waals surface area contributed by atoms with Crippen LogP contribution in [0.1, 0.15) is 5.56 Å². The molecule has 0 atom stereocenters. The van der Waals surface area contributed by atoms with Gasteiger partial charge in [0, 0.05) is 11.3 Å². The monoisotopic (exact) mass is 322 g/mol. The van der Waals surface area contributed by atoms with E-state index >= 15 is 0 Å². The lowest BCUT2D eigenvalue weighted by atomic mass is 10.2. The Morgan fingerprint density at radius 1 is 1.19 bits per heavy atom. The Hall–Kier alpha value is -1.99. The van der Waals surface area contributed by atoms with E-state index < -0.39 is 21.4 Å². The minimum absolute atomic E-state index is 0.0219. The lowest BCUT2D eigenvalue weighted by Crippen LogP contribution is -2.05. The van der Waals surface area contributed by atoms with Crippen LogP contribution >= 0.6 is 11.3 Å². The lowest BCUT2D eigenvalue weighted by molar-refractivity contribution is 0.586. The Bertz CT molecular complexity index is 920. The number of benzene rings is 2. The van der Waals surface area contributed by atoms with Crippen molar-refractivity contribution in [3.8, 4) is 0 Å². The summed E-state index contributed by atoms with van der Waals surface area (Å²) in [5.41, 5.74) is 6.92. The third-order valence-electron chi connectivity index (χ3n) is 2.96. The van der Waals surface area contributed by atoms with E-state index in [4.69, 9.17) is 5.73 Å². The van der Waals surface area contributed by atoms with E-state index in [0.717, 1.165) is 11.3 Å². The lowest BCUT2D eigenvalue weighted by Gasteiger charge is -2.02. The minimum atomic E-state index is -3.68. The van der Waals surface area contributed by atoms with Crippen molar-refractivity contribution in [2.45, 2.75) is 10.1 Å². The van der Waals surface area contributed by atoms with Crippen molar-refractivity contribution in [3.63, 3.8) is 0 Å². The van der Waals surface area contributed by atoms with Crippen molar-refractivity contribution < 1.29 is 12.8 Å². The number of nitrogen functional groups attached to an aromatic ring is 1. The highest BCUT2D eigenvalue weighted by atomic mass is 32.2. The zero-order valence-electron chi connectivity index (χ0n) is 10.8. The van der Waals surface area contributed by atoms with Crippen molar-refractivity contribution in [1.82, 2.24) is 4.98 Å². The summed E-state index contributed by atoms with van der Waals surface area (Å²) in [5.74, 6) is -0.943. The maximum Gasteiger partial charge on any atom is 0.210 e. The molecule has 0 spiro atoms. The van der Waals surface area contributed by atoms with Gasteiger partial charge in [0.1, 0.15) is 5.82 Å². The highest BCUT2D eigenvalue weighted by Gasteiger charge is 2.21. The Balaban J connectivity index is 2.02. The summed E-state index contributed by atoms with van der Waals surface area (Å²) in [7, 11) is -3.68. The second kappa shape index (κ2) is 5.09. The summed E-state index contributed by atoms with van der Waals surface area (Å²) in [6, 6.07) is 10.8. The maximum absolute atomic E-state index is 13.6. The molecule has 3 rings (SSSR count). The molecular weight excluding hydrogens is 311 g/mol. The number of hydrogen-bond acceptors (Lipinski definition) is 5. The first kappa shape index (κ1) is 14.0. The number of fused-ring (bicyclic) bond motifs is 1. The smallest absolute Gasteiger partial charge is 0.210 e. The van der Waals surface area contributed by atoms with E-state index in [2.05, 4.69) is 4.98 Å². The summed E-state index contributed by atoms with van der Waals surface area (Å²) in [4.78, 5) is 4.10. The van der Waals surface area contributed by atoms with E-state index in [0.29, 0.717) is 15.9 Å². The van der Waals surface area contributed by atoms with E-state index in [1.807, 2.05) is 0 Å². The molecule has 0 radical (unpaired) electrons. The standard InChI is InChI=1S/C14H11FN2O2S2/c15-11-4-2-1-3-9(11)8-21(18,19)14-17-12-6-5-10(16)7-13(12)20-14/h1-7H,8,16H2. The number of nitrogens with zero attached hydrogens (tertiary/aromatic N) is 1. The number of halogens is 1. The van der Waals surface area contributed by atoms with E-state index in [1.54, 1.807) is 24.3 Å². The Labute approximate surface area is 125 Å². The molecule has 0 unspecified atom stereocenters. The molecule has 0 aliphatic carbocycles. The Morgan fingerprint density at radius 3 is 2.71 bits per heavy atom. The number of sulfone groups is 1. The molecule has 7 heteroatoms. The van der Waals surface area contributed by atoms with Gasteiger partial charge in [-0.1, -0.05) is 18.2 Å². The van der Waals surface area contributed by atoms with Crippen LogP contribution in [0, 0.1) is 5.82 Å². The van der Waals surface area contributed by atoms with Crippen molar-refractivity contribution in [3.05, 3.63) is 53.8 Å². The van der Waals surface area contributed by atoms with Crippen LogP contribution < -0.4 is 5.73 Å². The van der Waals surface area contributed by atoms with E-state index in [-0.39, 0.29) is 9.90 Å². The van der Waals surface area contributed by atoms with Gasteiger partial charge < -0.3 is 5.73 Å².